The molecule has 0 saturated heterocycles. The molecule has 19 heavy (non-hydrogen) atoms. The maximum atomic E-state index is 13.1. The lowest BCUT2D eigenvalue weighted by Crippen LogP contribution is -2.28. The minimum Gasteiger partial charge on any atom is -0.347 e. The van der Waals surface area contributed by atoms with Gasteiger partial charge in [0.05, 0.1) is 10.5 Å². The minimum absolute atomic E-state index is 0.189. The summed E-state index contributed by atoms with van der Waals surface area (Å²) in [5, 5.41) is 2.86. The van der Waals surface area contributed by atoms with Gasteiger partial charge in [-0.25, -0.2) is 9.37 Å². The van der Waals surface area contributed by atoms with Crippen molar-refractivity contribution in [1.29, 1.82) is 0 Å². The lowest BCUT2D eigenvalue weighted by Gasteiger charge is -2.14. The van der Waals surface area contributed by atoms with Crippen LogP contribution in [-0.4, -0.2) is 15.9 Å². The summed E-state index contributed by atoms with van der Waals surface area (Å²) in [4.78, 5) is 19.2. The van der Waals surface area contributed by atoms with Crippen molar-refractivity contribution in [2.24, 2.45) is 0 Å². The Labute approximate surface area is 118 Å². The molecule has 6 heteroatoms. The van der Waals surface area contributed by atoms with Crippen LogP contribution in [0.1, 0.15) is 35.6 Å². The number of hydrogen-bond acceptors (Lipinski definition) is 2. The summed E-state index contributed by atoms with van der Waals surface area (Å²) in [5.41, 5.74) is 0.401. The maximum Gasteiger partial charge on any atom is 0.251 e. The SMILES string of the molecule is CCC(NC(=O)c1ccc(F)c(Br)c1)c1ncc[nH]1. The number of carbonyl (C=O) groups excluding carboxylic acids is 1. The fourth-order valence-electron chi connectivity index (χ4n) is 1.71. The number of halogens is 2. The molecular weight excluding hydrogens is 313 g/mol. The number of rotatable bonds is 4. The van der Waals surface area contributed by atoms with Gasteiger partial charge < -0.3 is 10.3 Å². The molecule has 0 radical (unpaired) electrons. The number of nitrogens with zero attached hydrogens (tertiary/aromatic N) is 1. The van der Waals surface area contributed by atoms with E-state index in [1.54, 1.807) is 12.4 Å². The van der Waals surface area contributed by atoms with Crippen LogP contribution in [0, 0.1) is 5.82 Å². The van der Waals surface area contributed by atoms with Gasteiger partial charge in [-0.05, 0) is 40.5 Å². The van der Waals surface area contributed by atoms with Crippen molar-refractivity contribution in [1.82, 2.24) is 15.3 Å². The van der Waals surface area contributed by atoms with Crippen molar-refractivity contribution in [2.75, 3.05) is 0 Å². The average molecular weight is 326 g/mol. The molecule has 1 amide bonds. The molecule has 1 heterocycles. The molecule has 0 aliphatic rings. The van der Waals surface area contributed by atoms with Gasteiger partial charge in [-0.15, -0.1) is 0 Å². The summed E-state index contributed by atoms with van der Waals surface area (Å²) in [7, 11) is 0. The van der Waals surface area contributed by atoms with Crippen molar-refractivity contribution in [3.8, 4) is 0 Å². The second-order valence-electron chi connectivity index (χ2n) is 4.04. The highest BCUT2D eigenvalue weighted by molar-refractivity contribution is 9.10. The Kier molecular flexibility index (Phi) is 4.31. The molecule has 0 fully saturated rings. The zero-order chi connectivity index (χ0) is 13.8. The van der Waals surface area contributed by atoms with Crippen LogP contribution < -0.4 is 5.32 Å². The van der Waals surface area contributed by atoms with Crippen LogP contribution in [0.5, 0.6) is 0 Å². The molecule has 1 aromatic heterocycles. The zero-order valence-corrected chi connectivity index (χ0v) is 11.9. The number of benzene rings is 1. The topological polar surface area (TPSA) is 57.8 Å². The molecule has 0 spiro atoms. The van der Waals surface area contributed by atoms with Gasteiger partial charge in [0.15, 0.2) is 0 Å². The quantitative estimate of drug-likeness (QED) is 0.906. The predicted octanol–water partition coefficient (Wildman–Crippen LogP) is 3.19. The molecule has 1 aromatic carbocycles. The third-order valence-electron chi connectivity index (χ3n) is 2.74. The van der Waals surface area contributed by atoms with E-state index in [1.165, 1.54) is 18.2 Å². The average Bonchev–Trinajstić information content (AvgIpc) is 2.92. The molecule has 2 N–H and O–H groups in total. The molecule has 100 valence electrons. The molecule has 4 nitrogen and oxygen atoms in total. The first-order valence-corrected chi connectivity index (χ1v) is 6.66. The zero-order valence-electron chi connectivity index (χ0n) is 10.3. The Balaban J connectivity index is 2.13. The van der Waals surface area contributed by atoms with E-state index in [0.29, 0.717) is 17.8 Å². The van der Waals surface area contributed by atoms with E-state index >= 15 is 0 Å². The van der Waals surface area contributed by atoms with Crippen molar-refractivity contribution >= 4 is 21.8 Å². The van der Waals surface area contributed by atoms with Gasteiger partial charge >= 0.3 is 0 Å². The Morgan fingerprint density at radius 2 is 2.37 bits per heavy atom. The number of aromatic amines is 1. The highest BCUT2D eigenvalue weighted by Gasteiger charge is 2.16. The largest absolute Gasteiger partial charge is 0.347 e. The number of hydrogen-bond donors (Lipinski definition) is 2. The third kappa shape index (κ3) is 3.20. The predicted molar refractivity (Wildman–Crippen MR) is 73.2 cm³/mol. The fraction of sp³-hybridized carbons (Fsp3) is 0.231. The summed E-state index contributed by atoms with van der Waals surface area (Å²) in [6, 6.07) is 3.97. The molecule has 2 aromatic rings. The third-order valence-corrected chi connectivity index (χ3v) is 3.35. The maximum absolute atomic E-state index is 13.1. The van der Waals surface area contributed by atoms with Gasteiger partial charge in [-0.1, -0.05) is 6.92 Å². The van der Waals surface area contributed by atoms with Gasteiger partial charge in [0.25, 0.3) is 5.91 Å². The van der Waals surface area contributed by atoms with Crippen molar-refractivity contribution in [3.63, 3.8) is 0 Å². The Hall–Kier alpha value is -1.69. The van der Waals surface area contributed by atoms with Crippen molar-refractivity contribution < 1.29 is 9.18 Å². The molecule has 0 saturated carbocycles. The van der Waals surface area contributed by atoms with Gasteiger partial charge in [0.1, 0.15) is 11.6 Å². The standard InChI is InChI=1S/C13H13BrFN3O/c1-2-11(12-16-5-6-17-12)18-13(19)8-3-4-10(15)9(14)7-8/h3-7,11H,2H2,1H3,(H,16,17)(H,18,19). The number of carbonyl (C=O) groups is 1. The monoisotopic (exact) mass is 325 g/mol. The van der Waals surface area contributed by atoms with Gasteiger partial charge in [-0.2, -0.15) is 0 Å². The fourth-order valence-corrected chi connectivity index (χ4v) is 2.09. The van der Waals surface area contributed by atoms with Crippen molar-refractivity contribution in [3.05, 3.63) is 52.3 Å². The number of aromatic nitrogens is 2. The molecule has 1 unspecified atom stereocenters. The molecule has 1 atom stereocenters. The summed E-state index contributed by atoms with van der Waals surface area (Å²) in [6.45, 7) is 1.95. The van der Waals surface area contributed by atoms with Crippen LogP contribution in [0.25, 0.3) is 0 Å². The van der Waals surface area contributed by atoms with Crippen LogP contribution in [-0.2, 0) is 0 Å². The van der Waals surface area contributed by atoms with E-state index in [1.807, 2.05) is 6.92 Å². The first kappa shape index (κ1) is 13.7. The van der Waals surface area contributed by atoms with Crippen LogP contribution in [0.2, 0.25) is 0 Å². The van der Waals surface area contributed by atoms with Gasteiger partial charge in [0.2, 0.25) is 0 Å². The van der Waals surface area contributed by atoms with Gasteiger partial charge in [0, 0.05) is 18.0 Å². The van der Waals surface area contributed by atoms with E-state index in [9.17, 15) is 9.18 Å². The number of H-pyrrole nitrogens is 1. The van der Waals surface area contributed by atoms with E-state index in [4.69, 9.17) is 0 Å². The summed E-state index contributed by atoms with van der Waals surface area (Å²) >= 11 is 3.06. The van der Waals surface area contributed by atoms with E-state index in [2.05, 4.69) is 31.2 Å². The van der Waals surface area contributed by atoms with Crippen LogP contribution in [0.4, 0.5) is 4.39 Å². The molecule has 0 aliphatic carbocycles. The minimum atomic E-state index is -0.394. The summed E-state index contributed by atoms with van der Waals surface area (Å²) < 4.78 is 13.4. The number of amides is 1. The molecule has 0 bridgehead atoms. The van der Waals surface area contributed by atoms with E-state index in [0.717, 1.165) is 0 Å². The lowest BCUT2D eigenvalue weighted by molar-refractivity contribution is 0.0933. The smallest absolute Gasteiger partial charge is 0.251 e. The number of imidazole rings is 1. The first-order valence-electron chi connectivity index (χ1n) is 5.87. The second-order valence-corrected chi connectivity index (χ2v) is 4.89. The summed E-state index contributed by atoms with van der Waals surface area (Å²) in [5.74, 6) is 0.0515. The van der Waals surface area contributed by atoms with Crippen molar-refractivity contribution in [2.45, 2.75) is 19.4 Å². The summed E-state index contributed by atoms with van der Waals surface area (Å²) in [6.07, 6.45) is 4.05. The number of nitrogens with one attached hydrogen (secondary N) is 2. The van der Waals surface area contributed by atoms with E-state index < -0.39 is 5.82 Å². The van der Waals surface area contributed by atoms with E-state index in [-0.39, 0.29) is 16.4 Å². The Bertz CT molecular complexity index is 571. The van der Waals surface area contributed by atoms with Gasteiger partial charge in [-0.3, -0.25) is 4.79 Å². The van der Waals surface area contributed by atoms with Crippen LogP contribution in [0.15, 0.2) is 35.1 Å². The first-order chi connectivity index (χ1) is 9.11. The van der Waals surface area contributed by atoms with Crippen LogP contribution >= 0.6 is 15.9 Å². The molecule has 0 aliphatic heterocycles. The molecular formula is C13H13BrFN3O. The Morgan fingerprint density at radius 3 is 2.95 bits per heavy atom. The highest BCUT2D eigenvalue weighted by Crippen LogP contribution is 2.18. The van der Waals surface area contributed by atoms with Crippen LogP contribution in [0.3, 0.4) is 0 Å². The lowest BCUT2D eigenvalue weighted by atomic mass is 10.1. The Morgan fingerprint density at radius 1 is 1.58 bits per heavy atom. The highest BCUT2D eigenvalue weighted by atomic mass is 79.9. The second kappa shape index (κ2) is 5.97. The normalized spacial score (nSPS) is 12.2. The molecule has 2 rings (SSSR count).